The SMILES string of the molecule is Oc1ccc(-c2cc(C(F)(F)C(F)(F)C(F)(F)C(F)(F)C(F)(F)C(F)(F)C(F)(F)C(F)(F)F)cc(C(F)(F)C(F)(F)C(F)(F)C(F)(F)C(F)(F)C(F)(F)C(F)(F)C(F)(F)F)c2)cc1C=N[C@@H]1CCCC[C@H]1N=Cc1cc(-c2cc(C(F)(F)C(F)(F)C(F)(F)C(F)(F)C(F)(F)C(F)(F)C(F)(F)C(F)(F)F)cc(C(F)(F)C(F)(F)C(F)(F)C(F)(F)C(F)(F)C(F)(F)C(F)(F)C(F)(F)F)c2)ccc1O. The molecule has 1 aliphatic rings. The molecule has 72 heteroatoms. The van der Waals surface area contributed by atoms with Crippen LogP contribution in [0.1, 0.15) is 59.1 Å². The Hall–Kier alpha value is -8.94. The van der Waals surface area contributed by atoms with E-state index < -0.39 is 356 Å². The van der Waals surface area contributed by atoms with E-state index in [1.807, 2.05) is 0 Å². The van der Waals surface area contributed by atoms with Crippen LogP contribution in [0.4, 0.5) is 299 Å². The van der Waals surface area contributed by atoms with Gasteiger partial charge in [-0.15, -0.1) is 0 Å². The number of nitrogens with zero attached hydrogens (tertiary/aromatic N) is 2. The summed E-state index contributed by atoms with van der Waals surface area (Å²) in [6.07, 6.45) is -36.8. The molecule has 2 atom stereocenters. The van der Waals surface area contributed by atoms with E-state index >= 15 is 105 Å². The van der Waals surface area contributed by atoms with Crippen molar-refractivity contribution in [1.82, 2.24) is 0 Å². The fourth-order valence-corrected chi connectivity index (χ4v) is 11.2. The Morgan fingerprint density at radius 1 is 0.184 bits per heavy atom. The first-order valence-electron chi connectivity index (χ1n) is 33.0. The number of benzene rings is 4. The van der Waals surface area contributed by atoms with Crippen LogP contribution in [0.15, 0.2) is 82.8 Å². The second-order valence-corrected chi connectivity index (χ2v) is 28.2. The first-order chi connectivity index (χ1) is 59.1. The number of hydrogen-bond donors (Lipinski definition) is 2. The van der Waals surface area contributed by atoms with Gasteiger partial charge in [0.15, 0.2) is 0 Å². The lowest BCUT2D eigenvalue weighted by atomic mass is 9.83. The summed E-state index contributed by atoms with van der Waals surface area (Å²) >= 11 is 0. The van der Waals surface area contributed by atoms with Crippen LogP contribution in [0.3, 0.4) is 0 Å². The van der Waals surface area contributed by atoms with Crippen LogP contribution in [-0.2, 0) is 23.7 Å². The molecule has 1 aliphatic carbocycles. The Labute approximate surface area is 699 Å². The predicted octanol–water partition coefficient (Wildman–Crippen LogP) is 29.1. The molecule has 4 aromatic rings. The first-order valence-corrected chi connectivity index (χ1v) is 33.0. The van der Waals surface area contributed by atoms with Gasteiger partial charge in [-0.25, -0.2) is 0 Å². The highest BCUT2D eigenvalue weighted by Crippen LogP contribution is 2.73. The zero-order valence-corrected chi connectivity index (χ0v) is 61.6. The van der Waals surface area contributed by atoms with Gasteiger partial charge in [0.05, 0.1) is 12.1 Å². The van der Waals surface area contributed by atoms with Gasteiger partial charge in [-0.05, 0) is 95.8 Å². The van der Waals surface area contributed by atoms with Crippen molar-refractivity contribution in [2.24, 2.45) is 9.98 Å². The summed E-state index contributed by atoms with van der Waals surface area (Å²) in [6, 6.07) is -17.9. The molecule has 0 bridgehead atoms. The maximum absolute atomic E-state index is 16.1. The van der Waals surface area contributed by atoms with Crippen LogP contribution in [0.25, 0.3) is 22.3 Å². The minimum Gasteiger partial charge on any atom is -0.507 e. The summed E-state index contributed by atoms with van der Waals surface area (Å²) < 4.78 is 982. The highest BCUT2D eigenvalue weighted by atomic mass is 19.5. The lowest BCUT2D eigenvalue weighted by Gasteiger charge is -2.43. The number of halogens is 68. The molecule has 0 aliphatic heterocycles. The van der Waals surface area contributed by atoms with Crippen molar-refractivity contribution in [2.75, 3.05) is 0 Å². The minimum absolute atomic E-state index is 0.148. The van der Waals surface area contributed by atoms with Crippen molar-refractivity contribution in [3.05, 3.63) is 106 Å². The number of phenolic OH excluding ortho intramolecular Hbond substituents is 2. The molecule has 2 N–H and O–H groups in total. The van der Waals surface area contributed by atoms with Crippen LogP contribution >= 0.6 is 0 Å². The van der Waals surface area contributed by atoms with Crippen LogP contribution in [0.5, 0.6) is 11.5 Å². The molecule has 0 spiro atoms. The van der Waals surface area contributed by atoms with Crippen LogP contribution < -0.4 is 0 Å². The van der Waals surface area contributed by atoms with Crippen molar-refractivity contribution in [1.29, 1.82) is 0 Å². The molecule has 1 saturated carbocycles. The average molecular weight is 2150 g/mol. The molecule has 0 amide bonds. The van der Waals surface area contributed by atoms with E-state index in [4.69, 9.17) is 0 Å². The van der Waals surface area contributed by atoms with Gasteiger partial charge in [-0.3, -0.25) is 9.98 Å². The Balaban J connectivity index is 1.85. The summed E-state index contributed by atoms with van der Waals surface area (Å²) in [6.45, 7) is 0. The van der Waals surface area contributed by atoms with Crippen LogP contribution in [-0.4, -0.2) is 202 Å². The van der Waals surface area contributed by atoms with E-state index in [1.54, 1.807) is 0 Å². The van der Waals surface area contributed by atoms with Gasteiger partial charge in [-0.1, -0.05) is 25.0 Å². The second kappa shape index (κ2) is 32.8. The summed E-state index contributed by atoms with van der Waals surface area (Å²) in [5, 5.41) is 21.3. The van der Waals surface area contributed by atoms with E-state index in [0.29, 0.717) is 0 Å². The molecule has 5 rings (SSSR count). The van der Waals surface area contributed by atoms with E-state index in [-0.39, 0.29) is 24.6 Å². The smallest absolute Gasteiger partial charge is 0.460 e. The molecule has 0 heterocycles. The lowest BCUT2D eigenvalue weighted by molar-refractivity contribution is -0.463. The number of aliphatic imine (C=N–C) groups is 2. The minimum atomic E-state index is -9.78. The summed E-state index contributed by atoms with van der Waals surface area (Å²) in [4.78, 5) is 7.13. The number of alkyl halides is 68. The predicted molar refractivity (Wildman–Crippen MR) is 307 cm³/mol. The normalized spacial score (nSPS) is 17.9. The summed E-state index contributed by atoms with van der Waals surface area (Å²) in [5.41, 5.74) is -30.8. The molecule has 1 fully saturated rings. The van der Waals surface area contributed by atoms with Gasteiger partial charge in [0.25, 0.3) is 0 Å². The number of phenols is 2. The number of hydrogen-bond acceptors (Lipinski definition) is 4. The lowest BCUT2D eigenvalue weighted by Crippen LogP contribution is -2.74. The van der Waals surface area contributed by atoms with Crippen LogP contribution in [0.2, 0.25) is 0 Å². The number of aromatic hydroxyl groups is 2. The van der Waals surface area contributed by atoms with Crippen molar-refractivity contribution >= 4 is 12.4 Å². The third kappa shape index (κ3) is 16.1. The number of rotatable bonds is 34. The maximum atomic E-state index is 16.1. The average Bonchev–Trinajstić information content (AvgIpc) is 0.717. The van der Waals surface area contributed by atoms with Gasteiger partial charge in [0.2, 0.25) is 0 Å². The Bertz CT molecular complexity index is 4540. The molecule has 0 unspecified atom stereocenters. The molecule has 4 nitrogen and oxygen atoms in total. The van der Waals surface area contributed by atoms with Crippen molar-refractivity contribution in [3.63, 3.8) is 0 Å². The molecule has 0 saturated heterocycles. The summed E-state index contributed by atoms with van der Waals surface area (Å²) in [5.74, 6) is -266. The Morgan fingerprint density at radius 2 is 0.331 bits per heavy atom. The third-order valence-corrected chi connectivity index (χ3v) is 19.4. The second-order valence-electron chi connectivity index (χ2n) is 28.2. The van der Waals surface area contributed by atoms with E-state index in [0.717, 1.165) is 0 Å². The maximum Gasteiger partial charge on any atom is 0.460 e. The fraction of sp³-hybridized carbons (Fsp3) is 0.594. The van der Waals surface area contributed by atoms with Gasteiger partial charge >= 0.3 is 191 Å². The quantitative estimate of drug-likeness (QED) is 0.0362. The highest BCUT2D eigenvalue weighted by molar-refractivity contribution is 5.88. The zero-order chi connectivity index (χ0) is 108. The molecule has 780 valence electrons. The van der Waals surface area contributed by atoms with E-state index in [1.165, 1.54) is 0 Å². The van der Waals surface area contributed by atoms with Crippen molar-refractivity contribution in [2.45, 2.75) is 228 Å². The Kier molecular flexibility index (Phi) is 28.4. The third-order valence-electron chi connectivity index (χ3n) is 19.4. The molecular weight excluding hydrogens is 2120 g/mol. The summed E-state index contributed by atoms with van der Waals surface area (Å²) in [7, 11) is 0. The fourth-order valence-electron chi connectivity index (χ4n) is 11.2. The monoisotopic (exact) mass is 2150 g/mol. The van der Waals surface area contributed by atoms with E-state index in [9.17, 15) is 203 Å². The van der Waals surface area contributed by atoms with Gasteiger partial charge < -0.3 is 10.2 Å². The molecule has 4 aromatic carbocycles. The standard InChI is InChI=1S/C64H26F68N2O2/c65-33(66,37(73,74)41(81,82)45(89,90)49(97,98)53(105,106)57(113,114)61(121,122)123)25-11-21(12-26(15-25)34(67,68)38(75,76)42(83,84)46(91,92)50(99,100)54(107,108)58(115,116)62(124,125)126)19-5-7-31(135)23(9-19)17-133-29-3-1-2-4-30(29)134-18-24-10-20(6-8-32(24)136)22-13-27(35(69,70)39(77,78)43(85,86)47(93,94)51(101,102)55(109,110)59(117,118)63(127,128)129)16-28(14-22)36(71,72)40(79,80)44(87,88)48(95,96)52(103,104)56(111,112)60(119,120)64(130,131)132/h5-18,29-30,135-136H,1-4H2/t29-,30-/m1/s1. The van der Waals surface area contributed by atoms with Gasteiger partial charge in [-0.2, -0.15) is 299 Å². The molecule has 0 aromatic heterocycles. The molecule has 0 radical (unpaired) electrons. The first kappa shape index (κ1) is 118. The molecular formula is C64H26F68N2O2. The van der Waals surface area contributed by atoms with Crippen LogP contribution in [0, 0.1) is 0 Å². The molecule has 136 heavy (non-hydrogen) atoms. The van der Waals surface area contributed by atoms with Crippen molar-refractivity contribution in [3.8, 4) is 33.8 Å². The topological polar surface area (TPSA) is 65.2 Å². The Morgan fingerprint density at radius 3 is 0.485 bits per heavy atom. The van der Waals surface area contributed by atoms with Gasteiger partial charge in [0, 0.05) is 45.8 Å². The highest BCUT2D eigenvalue weighted by Gasteiger charge is 3.01. The largest absolute Gasteiger partial charge is 0.507 e. The van der Waals surface area contributed by atoms with E-state index in [2.05, 4.69) is 9.98 Å². The van der Waals surface area contributed by atoms with Gasteiger partial charge in [0.1, 0.15) is 11.5 Å². The zero-order valence-electron chi connectivity index (χ0n) is 61.6. The van der Waals surface area contributed by atoms with Crippen molar-refractivity contribution < 1.29 is 309 Å².